The SMILES string of the molecule is Cc1cc(C)c(N2C(=O)[C@@H]3[C@@H](ON(c4ccccc4)[C@H]3c3ccc(F)cc3)C2=O)c(C)c1. The molecule has 2 saturated heterocycles. The van der Waals surface area contributed by atoms with Crippen molar-refractivity contribution in [3.8, 4) is 0 Å². The van der Waals surface area contributed by atoms with Gasteiger partial charge in [0.25, 0.3) is 5.91 Å². The van der Waals surface area contributed by atoms with Gasteiger partial charge in [0.1, 0.15) is 11.7 Å². The number of para-hydroxylation sites is 1. The molecule has 2 fully saturated rings. The number of hydrogen-bond donors (Lipinski definition) is 0. The predicted octanol–water partition coefficient (Wildman–Crippen LogP) is 4.80. The van der Waals surface area contributed by atoms with E-state index in [9.17, 15) is 14.0 Å². The van der Waals surface area contributed by atoms with Gasteiger partial charge in [-0.15, -0.1) is 0 Å². The van der Waals surface area contributed by atoms with Gasteiger partial charge in [0, 0.05) is 0 Å². The van der Waals surface area contributed by atoms with Crippen LogP contribution in [0, 0.1) is 32.5 Å². The number of benzene rings is 3. The number of imide groups is 1. The van der Waals surface area contributed by atoms with Crippen LogP contribution < -0.4 is 9.96 Å². The highest BCUT2D eigenvalue weighted by Crippen LogP contribution is 2.48. The van der Waals surface area contributed by atoms with E-state index in [2.05, 4.69) is 0 Å². The molecule has 0 radical (unpaired) electrons. The Morgan fingerprint density at radius 1 is 0.844 bits per heavy atom. The standard InChI is InChI=1S/C26H23FN2O3/c1-15-13-16(2)22(17(3)14-15)28-25(30)21-23(18-9-11-19(27)12-10-18)29(32-24(21)26(28)31)20-7-5-4-6-8-20/h4-14,21,23-24H,1-3H3/t21-,23-,24+/m0/s1. The Balaban J connectivity index is 1.61. The zero-order valence-electron chi connectivity index (χ0n) is 18.1. The summed E-state index contributed by atoms with van der Waals surface area (Å²) in [5.41, 5.74) is 4.85. The highest BCUT2D eigenvalue weighted by Gasteiger charge is 2.60. The van der Waals surface area contributed by atoms with Gasteiger partial charge in [0.05, 0.1) is 17.4 Å². The summed E-state index contributed by atoms with van der Waals surface area (Å²) in [4.78, 5) is 34.6. The number of nitrogens with zero attached hydrogens (tertiary/aromatic N) is 2. The number of fused-ring (bicyclic) bond motifs is 1. The van der Waals surface area contributed by atoms with Gasteiger partial charge in [-0.3, -0.25) is 14.4 Å². The van der Waals surface area contributed by atoms with Crippen LogP contribution in [0.1, 0.15) is 28.3 Å². The second kappa shape index (κ2) is 7.57. The maximum absolute atomic E-state index is 13.7. The van der Waals surface area contributed by atoms with Gasteiger partial charge < -0.3 is 0 Å². The van der Waals surface area contributed by atoms with Gasteiger partial charge in [-0.25, -0.2) is 14.4 Å². The molecule has 0 bridgehead atoms. The van der Waals surface area contributed by atoms with E-state index in [4.69, 9.17) is 4.84 Å². The predicted molar refractivity (Wildman–Crippen MR) is 120 cm³/mol. The minimum Gasteiger partial charge on any atom is -0.273 e. The molecule has 0 saturated carbocycles. The van der Waals surface area contributed by atoms with E-state index in [1.807, 2.05) is 63.2 Å². The third-order valence-corrected chi connectivity index (χ3v) is 6.20. The second-order valence-corrected chi connectivity index (χ2v) is 8.47. The largest absolute Gasteiger partial charge is 0.273 e. The fraction of sp³-hybridized carbons (Fsp3) is 0.231. The topological polar surface area (TPSA) is 49.9 Å². The normalized spacial score (nSPS) is 22.6. The Morgan fingerprint density at radius 2 is 1.47 bits per heavy atom. The Kier molecular flexibility index (Phi) is 4.82. The Hall–Kier alpha value is -3.51. The van der Waals surface area contributed by atoms with E-state index in [1.54, 1.807) is 17.2 Å². The van der Waals surface area contributed by atoms with Crippen molar-refractivity contribution in [2.75, 3.05) is 9.96 Å². The van der Waals surface area contributed by atoms with Gasteiger partial charge in [-0.05, 0) is 61.7 Å². The minimum absolute atomic E-state index is 0.303. The molecule has 2 heterocycles. The average Bonchev–Trinajstić information content (AvgIpc) is 3.26. The number of rotatable bonds is 3. The number of carbonyl (C=O) groups is 2. The zero-order chi connectivity index (χ0) is 22.6. The summed E-state index contributed by atoms with van der Waals surface area (Å²) in [5, 5.41) is 1.62. The fourth-order valence-corrected chi connectivity index (χ4v) is 4.96. The average molecular weight is 430 g/mol. The Morgan fingerprint density at radius 3 is 2.09 bits per heavy atom. The summed E-state index contributed by atoms with van der Waals surface area (Å²) in [6, 6.07) is 18.7. The van der Waals surface area contributed by atoms with Crippen LogP contribution in [-0.4, -0.2) is 17.9 Å². The second-order valence-electron chi connectivity index (χ2n) is 8.47. The lowest BCUT2D eigenvalue weighted by Crippen LogP contribution is -2.38. The summed E-state index contributed by atoms with van der Waals surface area (Å²) in [7, 11) is 0. The van der Waals surface area contributed by atoms with Crippen molar-refractivity contribution in [3.05, 3.63) is 94.8 Å². The Labute approximate surface area is 186 Å². The number of hydrogen-bond acceptors (Lipinski definition) is 4. The first-order valence-electron chi connectivity index (χ1n) is 10.6. The van der Waals surface area contributed by atoms with Crippen molar-refractivity contribution in [1.29, 1.82) is 0 Å². The molecule has 5 nitrogen and oxygen atoms in total. The summed E-state index contributed by atoms with van der Waals surface area (Å²) >= 11 is 0. The number of aryl methyl sites for hydroxylation is 3. The number of halogens is 1. The molecule has 3 atom stereocenters. The maximum atomic E-state index is 13.7. The molecule has 0 aromatic heterocycles. The molecule has 3 aromatic rings. The molecule has 6 heteroatoms. The van der Waals surface area contributed by atoms with E-state index in [1.165, 1.54) is 17.0 Å². The summed E-state index contributed by atoms with van der Waals surface area (Å²) in [6.45, 7) is 5.79. The molecule has 2 aliphatic heterocycles. The molecular formula is C26H23FN2O3. The quantitative estimate of drug-likeness (QED) is 0.560. The van der Waals surface area contributed by atoms with E-state index in [0.29, 0.717) is 11.3 Å². The third kappa shape index (κ3) is 3.10. The molecule has 2 amide bonds. The van der Waals surface area contributed by atoms with Crippen LogP contribution in [-0.2, 0) is 14.4 Å². The molecule has 0 N–H and O–H groups in total. The molecule has 0 unspecified atom stereocenters. The first-order chi connectivity index (χ1) is 15.4. The van der Waals surface area contributed by atoms with Crippen LogP contribution in [0.15, 0.2) is 66.7 Å². The van der Waals surface area contributed by atoms with E-state index in [0.717, 1.165) is 22.4 Å². The monoisotopic (exact) mass is 430 g/mol. The fourth-order valence-electron chi connectivity index (χ4n) is 4.96. The highest BCUT2D eigenvalue weighted by molar-refractivity contribution is 6.24. The van der Waals surface area contributed by atoms with Gasteiger partial charge in [-0.2, -0.15) is 0 Å². The molecule has 0 spiro atoms. The van der Waals surface area contributed by atoms with Gasteiger partial charge in [0.2, 0.25) is 5.91 Å². The third-order valence-electron chi connectivity index (χ3n) is 6.20. The van der Waals surface area contributed by atoms with Crippen LogP contribution in [0.2, 0.25) is 0 Å². The first-order valence-corrected chi connectivity index (χ1v) is 10.6. The summed E-state index contributed by atoms with van der Waals surface area (Å²) in [5.74, 6) is -1.78. The van der Waals surface area contributed by atoms with Crippen LogP contribution in [0.4, 0.5) is 15.8 Å². The summed E-state index contributed by atoms with van der Waals surface area (Å²) in [6.07, 6.45) is -0.946. The van der Waals surface area contributed by atoms with Crippen LogP contribution in [0.25, 0.3) is 0 Å². The lowest BCUT2D eigenvalue weighted by atomic mass is 9.90. The van der Waals surface area contributed by atoms with Crippen molar-refractivity contribution in [2.24, 2.45) is 5.92 Å². The summed E-state index contributed by atoms with van der Waals surface area (Å²) < 4.78 is 13.6. The van der Waals surface area contributed by atoms with Crippen molar-refractivity contribution in [3.63, 3.8) is 0 Å². The van der Waals surface area contributed by atoms with Gasteiger partial charge >= 0.3 is 0 Å². The highest BCUT2D eigenvalue weighted by atomic mass is 19.1. The lowest BCUT2D eigenvalue weighted by molar-refractivity contribution is -0.126. The van der Waals surface area contributed by atoms with Crippen molar-refractivity contribution < 1.29 is 18.8 Å². The molecular weight excluding hydrogens is 407 g/mol. The van der Waals surface area contributed by atoms with E-state index >= 15 is 0 Å². The van der Waals surface area contributed by atoms with Crippen molar-refractivity contribution in [2.45, 2.75) is 32.9 Å². The molecule has 2 aliphatic rings. The number of anilines is 2. The molecule has 0 aliphatic carbocycles. The van der Waals surface area contributed by atoms with Crippen molar-refractivity contribution in [1.82, 2.24) is 0 Å². The van der Waals surface area contributed by atoms with E-state index in [-0.39, 0.29) is 17.6 Å². The van der Waals surface area contributed by atoms with Crippen LogP contribution >= 0.6 is 0 Å². The number of amides is 2. The lowest BCUT2D eigenvalue weighted by Gasteiger charge is -2.29. The zero-order valence-corrected chi connectivity index (χ0v) is 18.1. The van der Waals surface area contributed by atoms with Crippen LogP contribution in [0.3, 0.4) is 0 Å². The Bertz CT molecular complexity index is 1190. The van der Waals surface area contributed by atoms with Gasteiger partial charge in [0.15, 0.2) is 6.10 Å². The van der Waals surface area contributed by atoms with Crippen molar-refractivity contribution >= 4 is 23.2 Å². The molecule has 5 rings (SSSR count). The first kappa shape index (κ1) is 20.4. The van der Waals surface area contributed by atoms with Crippen LogP contribution in [0.5, 0.6) is 0 Å². The maximum Gasteiger partial charge on any atom is 0.266 e. The molecule has 32 heavy (non-hydrogen) atoms. The minimum atomic E-state index is -0.946. The van der Waals surface area contributed by atoms with Gasteiger partial charge in [-0.1, -0.05) is 48.0 Å². The number of carbonyl (C=O) groups excluding carboxylic acids is 2. The number of hydroxylamine groups is 1. The molecule has 3 aromatic carbocycles. The van der Waals surface area contributed by atoms with E-state index < -0.39 is 18.1 Å². The molecule has 162 valence electrons. The smallest absolute Gasteiger partial charge is 0.266 e.